The molecule has 0 heterocycles. The van der Waals surface area contributed by atoms with Crippen LogP contribution in [0.4, 0.5) is 10.1 Å². The number of para-hydroxylation sites is 1. The Balaban J connectivity index is 2.26. The Morgan fingerprint density at radius 3 is 2.63 bits per heavy atom. The Hall–Kier alpha value is -1.74. The molecule has 100 valence electrons. The highest BCUT2D eigenvalue weighted by molar-refractivity contribution is 6.31. The lowest BCUT2D eigenvalue weighted by molar-refractivity contribution is 0.408. The van der Waals surface area contributed by atoms with Crippen molar-refractivity contribution < 1.29 is 9.13 Å². The summed E-state index contributed by atoms with van der Waals surface area (Å²) in [6.45, 7) is 1.94. The first kappa shape index (κ1) is 13.7. The molecular formula is C15H15ClFNO. The molecule has 1 unspecified atom stereocenters. The molecule has 1 atom stereocenters. The maximum atomic E-state index is 13.8. The van der Waals surface area contributed by atoms with E-state index in [9.17, 15) is 4.39 Å². The second-order valence-corrected chi connectivity index (χ2v) is 4.62. The summed E-state index contributed by atoms with van der Waals surface area (Å²) in [6, 6.07) is 12.4. The summed E-state index contributed by atoms with van der Waals surface area (Å²) in [5.41, 5.74) is 1.34. The van der Waals surface area contributed by atoms with Gasteiger partial charge in [-0.25, -0.2) is 4.39 Å². The number of methoxy groups -OCH3 is 1. The molecule has 1 N–H and O–H groups in total. The molecule has 0 aromatic heterocycles. The maximum Gasteiger partial charge on any atom is 0.164 e. The number of rotatable bonds is 4. The number of hydrogen-bond acceptors (Lipinski definition) is 2. The molecule has 0 saturated heterocycles. The Morgan fingerprint density at radius 1 is 1.16 bits per heavy atom. The van der Waals surface area contributed by atoms with Crippen molar-refractivity contribution in [3.05, 3.63) is 58.9 Å². The van der Waals surface area contributed by atoms with Crippen molar-refractivity contribution in [3.8, 4) is 5.75 Å². The highest BCUT2D eigenvalue weighted by atomic mass is 35.5. The zero-order chi connectivity index (χ0) is 13.8. The van der Waals surface area contributed by atoms with Gasteiger partial charge in [0.25, 0.3) is 0 Å². The molecule has 0 radical (unpaired) electrons. The van der Waals surface area contributed by atoms with Crippen molar-refractivity contribution in [2.75, 3.05) is 12.4 Å². The fourth-order valence-electron chi connectivity index (χ4n) is 1.95. The summed E-state index contributed by atoms with van der Waals surface area (Å²) in [7, 11) is 1.62. The van der Waals surface area contributed by atoms with E-state index in [1.54, 1.807) is 19.2 Å². The summed E-state index contributed by atoms with van der Waals surface area (Å²) >= 11 is 5.76. The molecule has 4 heteroatoms. The van der Waals surface area contributed by atoms with Gasteiger partial charge in [-0.3, -0.25) is 0 Å². The minimum absolute atomic E-state index is 0.0934. The van der Waals surface area contributed by atoms with Gasteiger partial charge in [0, 0.05) is 5.56 Å². The van der Waals surface area contributed by atoms with E-state index in [1.165, 1.54) is 6.07 Å². The van der Waals surface area contributed by atoms with Gasteiger partial charge in [-0.1, -0.05) is 35.9 Å². The Kier molecular flexibility index (Phi) is 4.27. The molecular weight excluding hydrogens is 265 g/mol. The Labute approximate surface area is 117 Å². The summed E-state index contributed by atoms with van der Waals surface area (Å²) in [5.74, 6) is 0.329. The number of halogens is 2. The lowest BCUT2D eigenvalue weighted by Gasteiger charge is -2.19. The van der Waals surface area contributed by atoms with Gasteiger partial charge in [-0.15, -0.1) is 0 Å². The molecule has 0 saturated carbocycles. The first-order valence-electron chi connectivity index (χ1n) is 5.97. The van der Waals surface area contributed by atoms with Crippen LogP contribution in [0.15, 0.2) is 42.5 Å². The van der Waals surface area contributed by atoms with Gasteiger partial charge in [-0.05, 0) is 25.1 Å². The minimum atomic E-state index is -0.439. The van der Waals surface area contributed by atoms with Crippen molar-refractivity contribution in [1.29, 1.82) is 0 Å². The van der Waals surface area contributed by atoms with Gasteiger partial charge in [0.1, 0.15) is 5.75 Å². The first-order valence-corrected chi connectivity index (χ1v) is 6.34. The molecule has 0 spiro atoms. The highest BCUT2D eigenvalue weighted by Gasteiger charge is 2.13. The number of hydrogen-bond donors (Lipinski definition) is 1. The van der Waals surface area contributed by atoms with Crippen LogP contribution in [0.2, 0.25) is 5.02 Å². The van der Waals surface area contributed by atoms with Crippen molar-refractivity contribution in [1.82, 2.24) is 0 Å². The van der Waals surface area contributed by atoms with Gasteiger partial charge < -0.3 is 10.1 Å². The van der Waals surface area contributed by atoms with Crippen LogP contribution in [0.3, 0.4) is 0 Å². The van der Waals surface area contributed by atoms with Crippen LogP contribution >= 0.6 is 11.6 Å². The summed E-state index contributed by atoms with van der Waals surface area (Å²) in [6.07, 6.45) is 0. The van der Waals surface area contributed by atoms with Crippen molar-refractivity contribution in [2.24, 2.45) is 0 Å². The molecule has 0 aliphatic heterocycles. The second-order valence-electron chi connectivity index (χ2n) is 4.21. The SMILES string of the molecule is COc1ccccc1C(C)Nc1cccc(Cl)c1F. The van der Waals surface area contributed by atoms with Crippen LogP contribution in [-0.4, -0.2) is 7.11 Å². The molecule has 2 aromatic carbocycles. The van der Waals surface area contributed by atoms with Crippen LogP contribution < -0.4 is 10.1 Å². The van der Waals surface area contributed by atoms with E-state index >= 15 is 0 Å². The average molecular weight is 280 g/mol. The summed E-state index contributed by atoms with van der Waals surface area (Å²) in [4.78, 5) is 0. The van der Waals surface area contributed by atoms with Gasteiger partial charge in [0.2, 0.25) is 0 Å². The normalized spacial score (nSPS) is 12.0. The van der Waals surface area contributed by atoms with Crippen LogP contribution in [0.1, 0.15) is 18.5 Å². The zero-order valence-corrected chi connectivity index (χ0v) is 11.5. The standard InChI is InChI=1S/C15H15ClFNO/c1-10(11-6-3-4-9-14(11)19-2)18-13-8-5-7-12(16)15(13)17/h3-10,18H,1-2H3. The van der Waals surface area contributed by atoms with Gasteiger partial charge in [0.15, 0.2) is 5.82 Å². The third kappa shape index (κ3) is 2.99. The lowest BCUT2D eigenvalue weighted by Crippen LogP contribution is -2.09. The first-order chi connectivity index (χ1) is 9.13. The maximum absolute atomic E-state index is 13.8. The number of nitrogens with one attached hydrogen (secondary N) is 1. The smallest absolute Gasteiger partial charge is 0.164 e. The van der Waals surface area contributed by atoms with Crippen LogP contribution in [-0.2, 0) is 0 Å². The van der Waals surface area contributed by atoms with Gasteiger partial charge in [-0.2, -0.15) is 0 Å². The van der Waals surface area contributed by atoms with Crippen molar-refractivity contribution in [3.63, 3.8) is 0 Å². The van der Waals surface area contributed by atoms with Crippen molar-refractivity contribution in [2.45, 2.75) is 13.0 Å². The van der Waals surface area contributed by atoms with Gasteiger partial charge in [0.05, 0.1) is 23.9 Å². The van der Waals surface area contributed by atoms with Gasteiger partial charge >= 0.3 is 0 Å². The predicted molar refractivity (Wildman–Crippen MR) is 76.4 cm³/mol. The lowest BCUT2D eigenvalue weighted by atomic mass is 10.1. The minimum Gasteiger partial charge on any atom is -0.496 e. The molecule has 2 nitrogen and oxygen atoms in total. The van der Waals surface area contributed by atoms with E-state index < -0.39 is 5.82 Å². The fraction of sp³-hybridized carbons (Fsp3) is 0.200. The third-order valence-corrected chi connectivity index (χ3v) is 3.22. The molecule has 2 aromatic rings. The molecule has 0 bridgehead atoms. The number of ether oxygens (including phenoxy) is 1. The van der Waals surface area contributed by atoms with Crippen LogP contribution in [0.5, 0.6) is 5.75 Å². The van der Waals surface area contributed by atoms with Crippen molar-refractivity contribution >= 4 is 17.3 Å². The molecule has 0 aliphatic carbocycles. The van der Waals surface area contributed by atoms with E-state index in [4.69, 9.17) is 16.3 Å². The third-order valence-electron chi connectivity index (χ3n) is 2.93. The quantitative estimate of drug-likeness (QED) is 0.879. The average Bonchev–Trinajstić information content (AvgIpc) is 2.43. The topological polar surface area (TPSA) is 21.3 Å². The van der Waals surface area contributed by atoms with E-state index in [1.807, 2.05) is 31.2 Å². The molecule has 0 fully saturated rings. The van der Waals surface area contributed by atoms with E-state index in [2.05, 4.69) is 5.32 Å². The Bertz CT molecular complexity index is 574. The molecule has 0 amide bonds. The fourth-order valence-corrected chi connectivity index (χ4v) is 2.12. The molecule has 2 rings (SSSR count). The molecule has 0 aliphatic rings. The Morgan fingerprint density at radius 2 is 1.89 bits per heavy atom. The summed E-state index contributed by atoms with van der Waals surface area (Å²) in [5, 5.41) is 3.21. The summed E-state index contributed by atoms with van der Waals surface area (Å²) < 4.78 is 19.1. The van der Waals surface area contributed by atoms with Crippen LogP contribution in [0.25, 0.3) is 0 Å². The second kappa shape index (κ2) is 5.93. The highest BCUT2D eigenvalue weighted by Crippen LogP contribution is 2.30. The zero-order valence-electron chi connectivity index (χ0n) is 10.8. The molecule has 19 heavy (non-hydrogen) atoms. The van der Waals surface area contributed by atoms with Crippen LogP contribution in [0, 0.1) is 5.82 Å². The largest absolute Gasteiger partial charge is 0.496 e. The predicted octanol–water partition coefficient (Wildman–Crippen LogP) is 4.66. The van der Waals surface area contributed by atoms with E-state index in [0.717, 1.165) is 11.3 Å². The number of benzene rings is 2. The monoisotopic (exact) mass is 279 g/mol. The number of anilines is 1. The van der Waals surface area contributed by atoms with E-state index in [-0.39, 0.29) is 11.1 Å². The van der Waals surface area contributed by atoms with E-state index in [0.29, 0.717) is 5.69 Å².